The number of aliphatic imine (C=N–C) groups is 1. The van der Waals surface area contributed by atoms with Gasteiger partial charge < -0.3 is 9.80 Å². The summed E-state index contributed by atoms with van der Waals surface area (Å²) in [4.78, 5) is 9.41. The van der Waals surface area contributed by atoms with E-state index in [0.29, 0.717) is 11.6 Å². The Labute approximate surface area is 123 Å². The Hall–Kier alpha value is -0.810. The molecule has 0 saturated heterocycles. The molecule has 0 radical (unpaired) electrons. The summed E-state index contributed by atoms with van der Waals surface area (Å²) in [7, 11) is 6.47. The molecule has 0 bridgehead atoms. The number of likely N-dealkylation sites (N-methyl/N-ethyl adjacent to an activating group) is 2. The smallest absolute Gasteiger partial charge is 0.208 e. The van der Waals surface area contributed by atoms with Crippen molar-refractivity contribution in [1.29, 1.82) is 0 Å². The maximum Gasteiger partial charge on any atom is 0.208 e. The molecule has 0 aromatic carbocycles. The molecule has 0 spiro atoms. The zero-order chi connectivity index (χ0) is 14.6. The topological polar surface area (TPSA) is 56.9 Å². The highest BCUT2D eigenvalue weighted by Gasteiger charge is 2.40. The van der Waals surface area contributed by atoms with E-state index in [2.05, 4.69) is 36.4 Å². The van der Waals surface area contributed by atoms with Gasteiger partial charge in [0.25, 0.3) is 0 Å². The molecular formula is C15H31N5. The van der Waals surface area contributed by atoms with Crippen LogP contribution in [0.2, 0.25) is 0 Å². The van der Waals surface area contributed by atoms with E-state index in [1.165, 1.54) is 51.4 Å². The van der Waals surface area contributed by atoms with Gasteiger partial charge in [0.2, 0.25) is 5.96 Å². The van der Waals surface area contributed by atoms with E-state index in [4.69, 9.17) is 10.8 Å². The van der Waals surface area contributed by atoms with Crippen LogP contribution in [-0.4, -0.2) is 55.0 Å². The van der Waals surface area contributed by atoms with Crippen LogP contribution < -0.4 is 11.3 Å². The minimum Gasteiger partial charge on any atom is -0.343 e. The van der Waals surface area contributed by atoms with E-state index >= 15 is 0 Å². The summed E-state index contributed by atoms with van der Waals surface area (Å²) in [5, 5.41) is 0. The van der Waals surface area contributed by atoms with Crippen LogP contribution in [-0.2, 0) is 0 Å². The van der Waals surface area contributed by atoms with Gasteiger partial charge in [-0.15, -0.1) is 0 Å². The van der Waals surface area contributed by atoms with E-state index in [1.807, 2.05) is 0 Å². The molecule has 0 aromatic rings. The Morgan fingerprint density at radius 3 is 2.25 bits per heavy atom. The molecule has 0 heterocycles. The van der Waals surface area contributed by atoms with Gasteiger partial charge >= 0.3 is 0 Å². The first-order valence-corrected chi connectivity index (χ1v) is 8.00. The summed E-state index contributed by atoms with van der Waals surface area (Å²) >= 11 is 0. The first-order valence-electron chi connectivity index (χ1n) is 8.00. The SMILES string of the molecule is CN(CC1(N(C)C)CCC1)C(=NC1CCCCC1)NN. The molecule has 3 N–H and O–H groups in total. The number of hydrazine groups is 1. The average molecular weight is 281 g/mol. The van der Waals surface area contributed by atoms with Gasteiger partial charge in [-0.05, 0) is 46.2 Å². The fourth-order valence-corrected chi connectivity index (χ4v) is 3.48. The maximum atomic E-state index is 5.71. The van der Waals surface area contributed by atoms with Gasteiger partial charge in [-0.2, -0.15) is 0 Å². The normalized spacial score (nSPS) is 23.6. The van der Waals surface area contributed by atoms with Crippen LogP contribution in [0.25, 0.3) is 0 Å². The van der Waals surface area contributed by atoms with Gasteiger partial charge in [-0.3, -0.25) is 5.43 Å². The Bertz CT molecular complexity index is 329. The van der Waals surface area contributed by atoms with Crippen LogP contribution in [0.15, 0.2) is 4.99 Å². The van der Waals surface area contributed by atoms with Crippen molar-refractivity contribution in [3.05, 3.63) is 0 Å². The van der Waals surface area contributed by atoms with Crippen molar-refractivity contribution in [1.82, 2.24) is 15.2 Å². The largest absolute Gasteiger partial charge is 0.343 e. The van der Waals surface area contributed by atoms with Crippen molar-refractivity contribution in [3.63, 3.8) is 0 Å². The second-order valence-electron chi connectivity index (χ2n) is 6.72. The third-order valence-corrected chi connectivity index (χ3v) is 5.13. The Balaban J connectivity index is 1.97. The van der Waals surface area contributed by atoms with Crippen molar-refractivity contribution < 1.29 is 0 Å². The number of rotatable bonds is 4. The van der Waals surface area contributed by atoms with Crippen molar-refractivity contribution in [2.45, 2.75) is 62.9 Å². The molecule has 0 amide bonds. The Morgan fingerprint density at radius 2 is 1.80 bits per heavy atom. The van der Waals surface area contributed by atoms with Crippen LogP contribution in [0.5, 0.6) is 0 Å². The molecule has 2 aliphatic carbocycles. The fraction of sp³-hybridized carbons (Fsp3) is 0.933. The first kappa shape index (κ1) is 15.6. The molecule has 2 saturated carbocycles. The number of nitrogens with one attached hydrogen (secondary N) is 1. The van der Waals surface area contributed by atoms with Crippen molar-refractivity contribution in [3.8, 4) is 0 Å². The number of nitrogens with two attached hydrogens (primary N) is 1. The van der Waals surface area contributed by atoms with Gasteiger partial charge in [-0.25, -0.2) is 10.8 Å². The van der Waals surface area contributed by atoms with E-state index in [1.54, 1.807) is 0 Å². The Kier molecular flexibility index (Phi) is 5.27. The highest BCUT2D eigenvalue weighted by atomic mass is 15.4. The summed E-state index contributed by atoms with van der Waals surface area (Å²) in [6, 6.07) is 0.453. The van der Waals surface area contributed by atoms with E-state index in [9.17, 15) is 0 Å². The highest BCUT2D eigenvalue weighted by Crippen LogP contribution is 2.36. The van der Waals surface area contributed by atoms with Gasteiger partial charge in [0, 0.05) is 19.1 Å². The van der Waals surface area contributed by atoms with Crippen LogP contribution in [0.4, 0.5) is 0 Å². The average Bonchev–Trinajstić information content (AvgIpc) is 2.40. The molecule has 0 atom stereocenters. The van der Waals surface area contributed by atoms with Crippen molar-refractivity contribution in [2.75, 3.05) is 27.7 Å². The number of hydrogen-bond donors (Lipinski definition) is 2. The molecule has 0 aliphatic heterocycles. The second kappa shape index (κ2) is 6.76. The molecule has 5 nitrogen and oxygen atoms in total. The van der Waals surface area contributed by atoms with Gasteiger partial charge in [0.15, 0.2) is 0 Å². The van der Waals surface area contributed by atoms with E-state index in [0.717, 1.165) is 12.5 Å². The van der Waals surface area contributed by atoms with E-state index < -0.39 is 0 Å². The first-order chi connectivity index (χ1) is 9.57. The number of nitrogens with zero attached hydrogens (tertiary/aromatic N) is 3. The van der Waals surface area contributed by atoms with Gasteiger partial charge in [0.05, 0.1) is 6.04 Å². The highest BCUT2D eigenvalue weighted by molar-refractivity contribution is 5.79. The lowest BCUT2D eigenvalue weighted by Crippen LogP contribution is -2.59. The molecule has 116 valence electrons. The monoisotopic (exact) mass is 281 g/mol. The standard InChI is InChI=1S/C15H31N5/c1-19(2)15(10-7-11-15)12-20(3)14(18-16)17-13-8-5-4-6-9-13/h13H,4-12,16H2,1-3H3,(H,17,18). The Morgan fingerprint density at radius 1 is 1.15 bits per heavy atom. The fourth-order valence-electron chi connectivity index (χ4n) is 3.48. The third-order valence-electron chi connectivity index (χ3n) is 5.13. The summed E-state index contributed by atoms with van der Waals surface area (Å²) < 4.78 is 0. The predicted octanol–water partition coefficient (Wildman–Crippen LogP) is 1.55. The maximum absolute atomic E-state index is 5.71. The summed E-state index contributed by atoms with van der Waals surface area (Å²) in [6.07, 6.45) is 10.2. The van der Waals surface area contributed by atoms with Crippen LogP contribution >= 0.6 is 0 Å². The zero-order valence-electron chi connectivity index (χ0n) is 13.4. The lowest BCUT2D eigenvalue weighted by molar-refractivity contribution is 0.0422. The lowest BCUT2D eigenvalue weighted by Gasteiger charge is -2.49. The number of guanidine groups is 1. The van der Waals surface area contributed by atoms with Crippen molar-refractivity contribution in [2.24, 2.45) is 10.8 Å². The summed E-state index contributed by atoms with van der Waals surface area (Å²) in [5.41, 5.74) is 3.12. The molecule has 2 fully saturated rings. The number of hydrogen-bond acceptors (Lipinski definition) is 3. The molecule has 0 unspecified atom stereocenters. The van der Waals surface area contributed by atoms with Gasteiger partial charge in [0.1, 0.15) is 0 Å². The molecule has 5 heteroatoms. The minimum atomic E-state index is 0.304. The molecular weight excluding hydrogens is 250 g/mol. The predicted molar refractivity (Wildman–Crippen MR) is 84.5 cm³/mol. The molecule has 20 heavy (non-hydrogen) atoms. The molecule has 0 aromatic heterocycles. The summed E-state index contributed by atoms with van der Waals surface area (Å²) in [6.45, 7) is 0.996. The molecule has 2 rings (SSSR count). The summed E-state index contributed by atoms with van der Waals surface area (Å²) in [5.74, 6) is 6.56. The van der Waals surface area contributed by atoms with Crippen LogP contribution in [0.1, 0.15) is 51.4 Å². The van der Waals surface area contributed by atoms with E-state index in [-0.39, 0.29) is 0 Å². The minimum absolute atomic E-state index is 0.304. The quantitative estimate of drug-likeness (QED) is 0.355. The second-order valence-corrected chi connectivity index (χ2v) is 6.72. The van der Waals surface area contributed by atoms with Crippen molar-refractivity contribution >= 4 is 5.96 Å². The molecule has 2 aliphatic rings. The van der Waals surface area contributed by atoms with Crippen LogP contribution in [0.3, 0.4) is 0 Å². The van der Waals surface area contributed by atoms with Gasteiger partial charge in [-0.1, -0.05) is 19.3 Å². The third kappa shape index (κ3) is 3.44. The van der Waals surface area contributed by atoms with Crippen LogP contribution in [0, 0.1) is 0 Å². The zero-order valence-corrected chi connectivity index (χ0v) is 13.4. The lowest BCUT2D eigenvalue weighted by atomic mass is 9.75.